The third-order valence-electron chi connectivity index (χ3n) is 1.15. The Morgan fingerprint density at radius 2 is 1.91 bits per heavy atom. The molecule has 0 radical (unpaired) electrons. The van der Waals surface area contributed by atoms with Crippen LogP contribution in [0.25, 0.3) is 0 Å². The van der Waals surface area contributed by atoms with Gasteiger partial charge in [-0.05, 0) is 28.1 Å². The Morgan fingerprint density at radius 1 is 1.27 bits per heavy atom. The van der Waals surface area contributed by atoms with Gasteiger partial charge in [-0.15, -0.1) is 0 Å². The summed E-state index contributed by atoms with van der Waals surface area (Å²) in [6.07, 6.45) is 0. The highest BCUT2D eigenvalue weighted by atomic mass is 79.9. The van der Waals surface area contributed by atoms with Gasteiger partial charge in [-0.3, -0.25) is 0 Å². The molecule has 0 saturated carbocycles. The maximum atomic E-state index is 12.4. The highest BCUT2D eigenvalue weighted by Crippen LogP contribution is 2.34. The first-order valence-corrected chi connectivity index (χ1v) is 3.62. The molecule has 0 N–H and O–H groups in total. The van der Waals surface area contributed by atoms with E-state index in [0.717, 1.165) is 18.2 Å². The van der Waals surface area contributed by atoms with Gasteiger partial charge in [0.15, 0.2) is 0 Å². The van der Waals surface area contributed by atoms with Gasteiger partial charge < -0.3 is 0 Å². The average molecular weight is 225 g/mol. The summed E-state index contributed by atoms with van der Waals surface area (Å²) in [4.78, 5) is -3.14. The molecule has 0 aliphatic heterocycles. The summed E-state index contributed by atoms with van der Waals surface area (Å²) in [5.41, 5.74) is -0.377. The molecule has 60 valence electrons. The molecule has 1 rings (SSSR count). The van der Waals surface area contributed by atoms with Crippen LogP contribution in [-0.2, 0) is 4.83 Å². The molecule has 0 spiro atoms. The quantitative estimate of drug-likeness (QED) is 0.643. The lowest BCUT2D eigenvalue weighted by Gasteiger charge is -2.07. The lowest BCUT2D eigenvalue weighted by Crippen LogP contribution is -2.01. The molecular formula is C7H4BrF3. The minimum absolute atomic E-state index is 0.377. The van der Waals surface area contributed by atoms with Gasteiger partial charge in [-0.1, -0.05) is 12.1 Å². The zero-order chi connectivity index (χ0) is 8.48. The highest BCUT2D eigenvalue weighted by Gasteiger charge is 2.26. The molecule has 0 heterocycles. The Kier molecular flexibility index (Phi) is 2.23. The van der Waals surface area contributed by atoms with Gasteiger partial charge >= 0.3 is 4.83 Å². The van der Waals surface area contributed by atoms with Crippen LogP contribution in [0.5, 0.6) is 0 Å². The first kappa shape index (κ1) is 8.59. The summed E-state index contributed by atoms with van der Waals surface area (Å²) in [6.45, 7) is 0. The summed E-state index contributed by atoms with van der Waals surface area (Å²) < 4.78 is 37.1. The first-order chi connectivity index (χ1) is 5.00. The normalized spacial score (nSPS) is 11.6. The van der Waals surface area contributed by atoms with Gasteiger partial charge in [0, 0.05) is 5.56 Å². The van der Waals surface area contributed by atoms with Crippen LogP contribution in [0.4, 0.5) is 13.2 Å². The summed E-state index contributed by atoms with van der Waals surface area (Å²) >= 11 is 2.12. The second-order valence-corrected chi connectivity index (χ2v) is 3.00. The third kappa shape index (κ3) is 2.22. The van der Waals surface area contributed by atoms with Crippen LogP contribution in [-0.4, -0.2) is 0 Å². The molecule has 0 amide bonds. The van der Waals surface area contributed by atoms with E-state index in [1.807, 2.05) is 0 Å². The lowest BCUT2D eigenvalue weighted by atomic mass is 10.2. The van der Waals surface area contributed by atoms with Crippen molar-refractivity contribution in [2.24, 2.45) is 0 Å². The molecule has 0 saturated heterocycles. The molecule has 0 aliphatic carbocycles. The van der Waals surface area contributed by atoms with Gasteiger partial charge in [0.2, 0.25) is 0 Å². The Balaban J connectivity index is 3.06. The van der Waals surface area contributed by atoms with Crippen LogP contribution in [0.2, 0.25) is 0 Å². The Labute approximate surface area is 70.2 Å². The number of benzene rings is 1. The molecule has 1 aromatic carbocycles. The van der Waals surface area contributed by atoms with Gasteiger partial charge in [0.25, 0.3) is 0 Å². The smallest absolute Gasteiger partial charge is 0.207 e. The van der Waals surface area contributed by atoms with Crippen LogP contribution in [0.3, 0.4) is 0 Å². The van der Waals surface area contributed by atoms with Crippen molar-refractivity contribution in [3.8, 4) is 0 Å². The minimum Gasteiger partial charge on any atom is -0.207 e. The van der Waals surface area contributed by atoms with Gasteiger partial charge in [0.05, 0.1) is 0 Å². The second-order valence-electron chi connectivity index (χ2n) is 2.01. The summed E-state index contributed by atoms with van der Waals surface area (Å²) in [7, 11) is 0. The fraction of sp³-hybridized carbons (Fsp3) is 0.143. The van der Waals surface area contributed by atoms with Crippen molar-refractivity contribution in [3.63, 3.8) is 0 Å². The van der Waals surface area contributed by atoms with E-state index in [-0.39, 0.29) is 5.56 Å². The molecule has 0 atom stereocenters. The number of alkyl halides is 3. The van der Waals surface area contributed by atoms with Gasteiger partial charge in [-0.25, -0.2) is 4.39 Å². The predicted molar refractivity (Wildman–Crippen MR) is 39.2 cm³/mol. The number of hydrogen-bond acceptors (Lipinski definition) is 0. The van der Waals surface area contributed by atoms with Crippen molar-refractivity contribution in [2.45, 2.75) is 4.83 Å². The van der Waals surface area contributed by atoms with Crippen molar-refractivity contribution >= 4 is 15.9 Å². The predicted octanol–water partition coefficient (Wildman–Crippen LogP) is 3.27. The number of rotatable bonds is 1. The summed E-state index contributed by atoms with van der Waals surface area (Å²) in [5, 5.41) is 0. The minimum atomic E-state index is -3.14. The van der Waals surface area contributed by atoms with Crippen molar-refractivity contribution in [2.75, 3.05) is 0 Å². The topological polar surface area (TPSA) is 0 Å². The van der Waals surface area contributed by atoms with Crippen molar-refractivity contribution in [3.05, 3.63) is 35.6 Å². The summed E-state index contributed by atoms with van der Waals surface area (Å²) in [5.74, 6) is -0.665. The first-order valence-electron chi connectivity index (χ1n) is 2.83. The van der Waals surface area contributed by atoms with E-state index in [4.69, 9.17) is 0 Å². The van der Waals surface area contributed by atoms with Crippen LogP contribution in [0.1, 0.15) is 5.56 Å². The largest absolute Gasteiger partial charge is 0.326 e. The lowest BCUT2D eigenvalue weighted by molar-refractivity contribution is 0.114. The van der Waals surface area contributed by atoms with Gasteiger partial charge in [-0.2, -0.15) is 8.78 Å². The Morgan fingerprint density at radius 3 is 2.27 bits per heavy atom. The van der Waals surface area contributed by atoms with E-state index in [9.17, 15) is 13.2 Å². The molecule has 0 aliphatic rings. The van der Waals surface area contributed by atoms with Gasteiger partial charge in [0.1, 0.15) is 5.82 Å². The molecule has 11 heavy (non-hydrogen) atoms. The van der Waals surface area contributed by atoms with Crippen LogP contribution in [0.15, 0.2) is 24.3 Å². The second kappa shape index (κ2) is 2.85. The van der Waals surface area contributed by atoms with Crippen molar-refractivity contribution in [1.29, 1.82) is 0 Å². The zero-order valence-electron chi connectivity index (χ0n) is 5.32. The van der Waals surface area contributed by atoms with Crippen LogP contribution in [0, 0.1) is 5.82 Å². The van der Waals surface area contributed by atoms with E-state index in [0.29, 0.717) is 0 Å². The standard InChI is InChI=1S/C7H4BrF3/c8-7(10,11)5-2-1-3-6(9)4-5/h1-4H. The fourth-order valence-corrected chi connectivity index (χ4v) is 0.911. The average Bonchev–Trinajstić information content (AvgIpc) is 1.86. The third-order valence-corrected chi connectivity index (χ3v) is 1.61. The maximum Gasteiger partial charge on any atom is 0.326 e. The monoisotopic (exact) mass is 224 g/mol. The molecule has 0 aromatic heterocycles. The van der Waals surface area contributed by atoms with Crippen molar-refractivity contribution < 1.29 is 13.2 Å². The molecule has 0 bridgehead atoms. The molecule has 0 nitrogen and oxygen atoms in total. The Bertz CT molecular complexity index is 254. The van der Waals surface area contributed by atoms with Crippen LogP contribution < -0.4 is 0 Å². The van der Waals surface area contributed by atoms with Crippen LogP contribution >= 0.6 is 15.9 Å². The summed E-state index contributed by atoms with van der Waals surface area (Å²) in [6, 6.07) is 4.29. The molecule has 0 fully saturated rings. The molecular weight excluding hydrogens is 221 g/mol. The fourth-order valence-electron chi connectivity index (χ4n) is 0.665. The molecule has 0 unspecified atom stereocenters. The SMILES string of the molecule is Fc1cccc(C(F)(F)Br)c1. The maximum absolute atomic E-state index is 12.4. The zero-order valence-corrected chi connectivity index (χ0v) is 6.91. The van der Waals surface area contributed by atoms with E-state index in [1.54, 1.807) is 0 Å². The Hall–Kier alpha value is -0.510. The van der Waals surface area contributed by atoms with E-state index in [2.05, 4.69) is 15.9 Å². The van der Waals surface area contributed by atoms with Crippen molar-refractivity contribution in [1.82, 2.24) is 0 Å². The van der Waals surface area contributed by atoms with E-state index in [1.165, 1.54) is 6.07 Å². The highest BCUT2D eigenvalue weighted by molar-refractivity contribution is 9.09. The number of hydrogen-bond donors (Lipinski definition) is 0. The van der Waals surface area contributed by atoms with E-state index >= 15 is 0 Å². The molecule has 1 aromatic rings. The van der Waals surface area contributed by atoms with E-state index < -0.39 is 10.6 Å². The number of halogens is 4. The molecule has 4 heteroatoms.